The molecule has 1 N–H and O–H groups in total. The zero-order chi connectivity index (χ0) is 21.5. The Hall–Kier alpha value is -2.88. The predicted molar refractivity (Wildman–Crippen MR) is 121 cm³/mol. The third-order valence-electron chi connectivity index (χ3n) is 5.68. The van der Waals surface area contributed by atoms with Gasteiger partial charge in [-0.25, -0.2) is 4.98 Å². The van der Waals surface area contributed by atoms with Gasteiger partial charge in [0.15, 0.2) is 4.90 Å². The Morgan fingerprint density at radius 1 is 1.23 bits per heavy atom. The summed E-state index contributed by atoms with van der Waals surface area (Å²) in [4.78, 5) is 8.13. The van der Waals surface area contributed by atoms with Gasteiger partial charge in [0.05, 0.1) is 24.8 Å². The number of hydrogen-bond donors (Lipinski definition) is 1. The van der Waals surface area contributed by atoms with E-state index in [0.717, 1.165) is 50.8 Å². The summed E-state index contributed by atoms with van der Waals surface area (Å²) in [5.41, 5.74) is 5.31. The average Bonchev–Trinajstić information content (AvgIpc) is 3.42. The molecule has 160 valence electrons. The van der Waals surface area contributed by atoms with Crippen LogP contribution >= 0.6 is 0 Å². The molecule has 1 aliphatic rings. The number of nitrogens with one attached hydrogen (secondary N) is 1. The molecule has 1 aromatic carbocycles. The monoisotopic (exact) mass is 436 g/mol. The van der Waals surface area contributed by atoms with Crippen LogP contribution in [0.5, 0.6) is 0 Å². The van der Waals surface area contributed by atoms with Gasteiger partial charge in [-0.05, 0) is 60.1 Å². The molecule has 0 bridgehead atoms. The molecule has 4 heterocycles. The van der Waals surface area contributed by atoms with E-state index in [4.69, 9.17) is 14.8 Å². The fourth-order valence-electron chi connectivity index (χ4n) is 4.09. The zero-order valence-electron chi connectivity index (χ0n) is 17.7. The van der Waals surface area contributed by atoms with E-state index in [1.807, 2.05) is 42.1 Å². The van der Waals surface area contributed by atoms with Crippen molar-refractivity contribution in [2.45, 2.75) is 17.9 Å². The van der Waals surface area contributed by atoms with Gasteiger partial charge in [-0.15, -0.1) is 0 Å². The van der Waals surface area contributed by atoms with Crippen molar-refractivity contribution in [3.8, 4) is 22.5 Å². The van der Waals surface area contributed by atoms with Crippen LogP contribution in [-0.4, -0.2) is 61.6 Å². The molecular weight excluding hydrogens is 412 g/mol. The van der Waals surface area contributed by atoms with Crippen LogP contribution in [0.4, 0.5) is 5.82 Å². The Morgan fingerprint density at radius 2 is 2.03 bits per heavy atom. The van der Waals surface area contributed by atoms with Gasteiger partial charge >= 0.3 is 0 Å². The van der Waals surface area contributed by atoms with Crippen LogP contribution in [0, 0.1) is 0 Å². The van der Waals surface area contributed by atoms with Crippen molar-refractivity contribution >= 4 is 28.0 Å². The molecule has 0 saturated carbocycles. The van der Waals surface area contributed by atoms with Crippen LogP contribution in [-0.2, 0) is 23.0 Å². The maximum atomic E-state index is 11.8. The number of aromatic nitrogens is 5. The van der Waals surface area contributed by atoms with E-state index in [9.17, 15) is 4.55 Å². The molecule has 4 aromatic rings. The Balaban J connectivity index is 1.74. The van der Waals surface area contributed by atoms with Crippen molar-refractivity contribution in [1.29, 1.82) is 0 Å². The highest BCUT2D eigenvalue weighted by molar-refractivity contribution is 7.90. The molecule has 2 atom stereocenters. The summed E-state index contributed by atoms with van der Waals surface area (Å²) in [6.07, 6.45) is 3.48. The maximum absolute atomic E-state index is 11.8. The van der Waals surface area contributed by atoms with Crippen molar-refractivity contribution in [3.63, 3.8) is 0 Å². The smallest absolute Gasteiger partial charge is 0.152 e. The van der Waals surface area contributed by atoms with E-state index >= 15 is 0 Å². The molecule has 5 rings (SSSR count). The number of benzene rings is 1. The van der Waals surface area contributed by atoms with E-state index in [1.54, 1.807) is 12.5 Å². The van der Waals surface area contributed by atoms with Gasteiger partial charge in [-0.1, -0.05) is 0 Å². The fourth-order valence-corrected chi connectivity index (χ4v) is 4.61. The Labute approximate surface area is 183 Å². The standard InChI is InChI=1S/C22H24N6O2S/c1-14-13-30-11-10-28(14)19-12-17(15-4-6-16(7-5-15)31(3)29)22-21(24-19)20(26-27(22)2)18-8-9-23-25-18/h4-9,12,14H,10-11,13H2,1-3H3,(H,23,25). The third kappa shape index (κ3) is 3.58. The maximum Gasteiger partial charge on any atom is 0.152 e. The van der Waals surface area contributed by atoms with Crippen LogP contribution in [0.15, 0.2) is 47.5 Å². The average molecular weight is 437 g/mol. The van der Waals surface area contributed by atoms with E-state index < -0.39 is 11.2 Å². The second-order valence-corrected chi connectivity index (χ2v) is 9.13. The lowest BCUT2D eigenvalue weighted by Crippen LogP contribution is -2.44. The highest BCUT2D eigenvalue weighted by atomic mass is 32.2. The molecule has 8 nitrogen and oxygen atoms in total. The van der Waals surface area contributed by atoms with Crippen LogP contribution in [0.2, 0.25) is 0 Å². The van der Waals surface area contributed by atoms with Crippen LogP contribution in [0.1, 0.15) is 6.92 Å². The lowest BCUT2D eigenvalue weighted by Gasteiger charge is -2.34. The summed E-state index contributed by atoms with van der Waals surface area (Å²) in [5.74, 6) is 0.895. The van der Waals surface area contributed by atoms with Crippen LogP contribution in [0.3, 0.4) is 0 Å². The molecule has 0 amide bonds. The Morgan fingerprint density at radius 3 is 2.71 bits per heavy atom. The van der Waals surface area contributed by atoms with Gasteiger partial charge < -0.3 is 14.2 Å². The lowest BCUT2D eigenvalue weighted by atomic mass is 10.0. The number of aromatic amines is 1. The summed E-state index contributed by atoms with van der Waals surface area (Å²) in [6.45, 7) is 4.28. The van der Waals surface area contributed by atoms with E-state index in [0.29, 0.717) is 13.2 Å². The number of hydrogen-bond acceptors (Lipinski definition) is 6. The molecule has 9 heteroatoms. The number of rotatable bonds is 4. The van der Waals surface area contributed by atoms with Gasteiger partial charge in [0.25, 0.3) is 0 Å². The topological polar surface area (TPSA) is 94.9 Å². The number of nitrogens with zero attached hydrogens (tertiary/aromatic N) is 5. The van der Waals surface area contributed by atoms with Crippen molar-refractivity contribution in [2.24, 2.45) is 7.05 Å². The van der Waals surface area contributed by atoms with Gasteiger partial charge in [-0.2, -0.15) is 10.2 Å². The normalized spacial score (nSPS) is 17.9. The Bertz CT molecular complexity index is 1200. The van der Waals surface area contributed by atoms with Gasteiger partial charge in [0, 0.05) is 25.4 Å². The van der Waals surface area contributed by atoms with E-state index in [2.05, 4.69) is 28.1 Å². The minimum absolute atomic E-state index is 0.224. The first-order valence-electron chi connectivity index (χ1n) is 10.2. The lowest BCUT2D eigenvalue weighted by molar-refractivity contribution is 0.0986. The van der Waals surface area contributed by atoms with E-state index in [-0.39, 0.29) is 6.04 Å². The van der Waals surface area contributed by atoms with E-state index in [1.165, 1.54) is 0 Å². The number of anilines is 1. The second kappa shape index (κ2) is 7.99. The molecule has 1 fully saturated rings. The summed E-state index contributed by atoms with van der Waals surface area (Å²) in [7, 11) is 1.93. The number of pyridine rings is 1. The minimum atomic E-state index is -1.02. The highest BCUT2D eigenvalue weighted by Gasteiger charge is 2.25. The number of H-pyrrole nitrogens is 1. The SMILES string of the molecule is CC1COCCN1c1cc(-c2ccc([S+](C)[O-])cc2)c2c(n1)c(-c1cc[nH]n1)nn2C. The third-order valence-corrected chi connectivity index (χ3v) is 6.62. The number of ether oxygens (including phenoxy) is 1. The first kappa shape index (κ1) is 20.0. The predicted octanol–water partition coefficient (Wildman–Crippen LogP) is 2.99. The molecule has 0 spiro atoms. The summed E-state index contributed by atoms with van der Waals surface area (Å²) in [6, 6.07) is 12.1. The first-order chi connectivity index (χ1) is 15.0. The van der Waals surface area contributed by atoms with Gasteiger partial charge in [0.2, 0.25) is 0 Å². The molecule has 1 saturated heterocycles. The molecule has 3 aromatic heterocycles. The Kier molecular flexibility index (Phi) is 5.17. The molecule has 2 unspecified atom stereocenters. The molecular formula is C22H24N6O2S. The largest absolute Gasteiger partial charge is 0.612 e. The molecule has 31 heavy (non-hydrogen) atoms. The quantitative estimate of drug-likeness (QED) is 0.494. The first-order valence-corrected chi connectivity index (χ1v) is 11.7. The van der Waals surface area contributed by atoms with Crippen molar-refractivity contribution in [2.75, 3.05) is 30.9 Å². The van der Waals surface area contributed by atoms with Crippen molar-refractivity contribution in [1.82, 2.24) is 25.0 Å². The van der Waals surface area contributed by atoms with Gasteiger partial charge in [-0.3, -0.25) is 9.78 Å². The fraction of sp³-hybridized carbons (Fsp3) is 0.318. The summed E-state index contributed by atoms with van der Waals surface area (Å²) in [5, 5.41) is 11.9. The summed E-state index contributed by atoms with van der Waals surface area (Å²) < 4.78 is 19.3. The molecule has 0 aliphatic carbocycles. The zero-order valence-corrected chi connectivity index (χ0v) is 18.5. The number of aryl methyl sites for hydroxylation is 1. The second-order valence-electron chi connectivity index (χ2n) is 7.75. The van der Waals surface area contributed by atoms with Crippen LogP contribution in [0.25, 0.3) is 33.5 Å². The van der Waals surface area contributed by atoms with Crippen molar-refractivity contribution < 1.29 is 9.29 Å². The van der Waals surface area contributed by atoms with Crippen molar-refractivity contribution in [3.05, 3.63) is 42.6 Å². The van der Waals surface area contributed by atoms with Crippen LogP contribution < -0.4 is 4.90 Å². The minimum Gasteiger partial charge on any atom is -0.612 e. The van der Waals surface area contributed by atoms with Gasteiger partial charge in [0.1, 0.15) is 29.0 Å². The summed E-state index contributed by atoms with van der Waals surface area (Å²) >= 11 is -1.02. The molecule has 1 aliphatic heterocycles. The number of morpholine rings is 1. The highest BCUT2D eigenvalue weighted by Crippen LogP contribution is 2.36. The number of fused-ring (bicyclic) bond motifs is 1. The molecule has 0 radical (unpaired) electrons.